The molecule has 0 atom stereocenters. The highest BCUT2D eigenvalue weighted by atomic mass is 16.3. The lowest BCUT2D eigenvalue weighted by atomic mass is 9.94. The second-order valence-electron chi connectivity index (χ2n) is 5.23. The molecule has 0 saturated heterocycles. The molecule has 0 saturated carbocycles. The summed E-state index contributed by atoms with van der Waals surface area (Å²) >= 11 is 0. The minimum absolute atomic E-state index is 0.00326. The van der Waals surface area contributed by atoms with E-state index in [0.29, 0.717) is 23.3 Å². The van der Waals surface area contributed by atoms with Crippen LogP contribution >= 0.6 is 0 Å². The van der Waals surface area contributed by atoms with Gasteiger partial charge in [0.2, 0.25) is 0 Å². The number of carbonyl (C=O) groups is 2. The van der Waals surface area contributed by atoms with E-state index in [1.54, 1.807) is 0 Å². The number of amides is 1. The summed E-state index contributed by atoms with van der Waals surface area (Å²) < 4.78 is 5.37. The first-order chi connectivity index (χ1) is 10.2. The Morgan fingerprint density at radius 2 is 2.00 bits per heavy atom. The lowest BCUT2D eigenvalue weighted by molar-refractivity contribution is 0.0955. The predicted octanol–water partition coefficient (Wildman–Crippen LogP) is 3.61. The number of benzene rings is 1. The molecule has 2 aromatic rings. The predicted molar refractivity (Wildman–Crippen MR) is 79.7 cm³/mol. The molecule has 1 N–H and O–H groups in total. The van der Waals surface area contributed by atoms with Crippen molar-refractivity contribution in [3.05, 3.63) is 53.0 Å². The standard InChI is InChI=1S/C17H17NO3/c1-2-11-6-8-12(9-7-11)18-17(20)13-10-21-15-5-3-4-14(19)16(13)15/h6-10H,2-5H2,1H3,(H,18,20). The maximum atomic E-state index is 12.3. The molecule has 0 unspecified atom stereocenters. The van der Waals surface area contributed by atoms with Crippen molar-refractivity contribution in [2.45, 2.75) is 32.6 Å². The van der Waals surface area contributed by atoms with Crippen molar-refractivity contribution in [3.8, 4) is 0 Å². The van der Waals surface area contributed by atoms with Crippen LogP contribution in [-0.4, -0.2) is 11.7 Å². The summed E-state index contributed by atoms with van der Waals surface area (Å²) in [5.41, 5.74) is 2.73. The molecule has 1 aliphatic rings. The van der Waals surface area contributed by atoms with Crippen molar-refractivity contribution in [1.82, 2.24) is 0 Å². The molecule has 21 heavy (non-hydrogen) atoms. The van der Waals surface area contributed by atoms with Gasteiger partial charge in [0, 0.05) is 18.5 Å². The van der Waals surface area contributed by atoms with Crippen LogP contribution in [0.2, 0.25) is 0 Å². The molecule has 0 fully saturated rings. The molecule has 1 heterocycles. The van der Waals surface area contributed by atoms with E-state index >= 15 is 0 Å². The number of nitrogens with one attached hydrogen (secondary N) is 1. The number of aryl methyl sites for hydroxylation is 2. The Labute approximate surface area is 123 Å². The zero-order valence-electron chi connectivity index (χ0n) is 11.9. The van der Waals surface area contributed by atoms with E-state index in [4.69, 9.17) is 4.42 Å². The smallest absolute Gasteiger partial charge is 0.259 e. The van der Waals surface area contributed by atoms with Gasteiger partial charge in [-0.3, -0.25) is 9.59 Å². The van der Waals surface area contributed by atoms with E-state index in [9.17, 15) is 9.59 Å². The lowest BCUT2D eigenvalue weighted by Gasteiger charge is -2.10. The van der Waals surface area contributed by atoms with Crippen molar-refractivity contribution in [3.63, 3.8) is 0 Å². The van der Waals surface area contributed by atoms with Gasteiger partial charge in [-0.2, -0.15) is 0 Å². The molecule has 0 radical (unpaired) electrons. The van der Waals surface area contributed by atoms with Crippen molar-refractivity contribution in [2.24, 2.45) is 0 Å². The topological polar surface area (TPSA) is 59.3 Å². The first kappa shape index (κ1) is 13.6. The van der Waals surface area contributed by atoms with Crippen molar-refractivity contribution >= 4 is 17.4 Å². The third kappa shape index (κ3) is 2.61. The largest absolute Gasteiger partial charge is 0.468 e. The number of hydrogen-bond donors (Lipinski definition) is 1. The first-order valence-electron chi connectivity index (χ1n) is 7.23. The SMILES string of the molecule is CCc1ccc(NC(=O)c2coc3c2C(=O)CCC3)cc1. The molecule has 1 amide bonds. The van der Waals surface area contributed by atoms with Crippen molar-refractivity contribution in [1.29, 1.82) is 0 Å². The molecule has 1 aliphatic carbocycles. The maximum Gasteiger partial charge on any atom is 0.259 e. The summed E-state index contributed by atoms with van der Waals surface area (Å²) in [7, 11) is 0. The number of fused-ring (bicyclic) bond motifs is 1. The number of rotatable bonds is 3. The number of anilines is 1. The summed E-state index contributed by atoms with van der Waals surface area (Å²) in [6.07, 6.45) is 4.35. The molecule has 0 bridgehead atoms. The highest BCUT2D eigenvalue weighted by molar-refractivity contribution is 6.13. The minimum Gasteiger partial charge on any atom is -0.468 e. The van der Waals surface area contributed by atoms with Gasteiger partial charge in [0.05, 0.1) is 11.1 Å². The van der Waals surface area contributed by atoms with Crippen LogP contribution in [-0.2, 0) is 12.8 Å². The Morgan fingerprint density at radius 3 is 2.71 bits per heavy atom. The lowest BCUT2D eigenvalue weighted by Crippen LogP contribution is -2.17. The van der Waals surface area contributed by atoms with Gasteiger partial charge in [-0.25, -0.2) is 0 Å². The summed E-state index contributed by atoms with van der Waals surface area (Å²) in [5.74, 6) is 0.341. The van der Waals surface area contributed by atoms with Gasteiger partial charge in [-0.05, 0) is 30.5 Å². The van der Waals surface area contributed by atoms with Crippen LogP contribution in [0.3, 0.4) is 0 Å². The monoisotopic (exact) mass is 283 g/mol. The Morgan fingerprint density at radius 1 is 1.24 bits per heavy atom. The highest BCUT2D eigenvalue weighted by Crippen LogP contribution is 2.27. The molecule has 4 heteroatoms. The number of ketones is 1. The number of Topliss-reactive ketones (excluding diaryl/α,β-unsaturated/α-hetero) is 1. The zero-order chi connectivity index (χ0) is 14.8. The first-order valence-corrected chi connectivity index (χ1v) is 7.23. The Hall–Kier alpha value is -2.36. The van der Waals surface area contributed by atoms with Gasteiger partial charge in [0.1, 0.15) is 12.0 Å². The van der Waals surface area contributed by atoms with E-state index in [2.05, 4.69) is 12.2 Å². The molecule has 3 rings (SSSR count). The molecular weight excluding hydrogens is 266 g/mol. The van der Waals surface area contributed by atoms with Gasteiger partial charge < -0.3 is 9.73 Å². The molecular formula is C17H17NO3. The molecule has 108 valence electrons. The average Bonchev–Trinajstić information content (AvgIpc) is 2.93. The molecule has 0 spiro atoms. The normalized spacial score (nSPS) is 13.9. The van der Waals surface area contributed by atoms with E-state index in [-0.39, 0.29) is 11.7 Å². The molecule has 0 aliphatic heterocycles. The van der Waals surface area contributed by atoms with E-state index in [1.165, 1.54) is 11.8 Å². The quantitative estimate of drug-likeness (QED) is 0.936. The second kappa shape index (κ2) is 5.56. The molecule has 1 aromatic heterocycles. The molecule has 4 nitrogen and oxygen atoms in total. The Kier molecular flexibility index (Phi) is 3.60. The highest BCUT2D eigenvalue weighted by Gasteiger charge is 2.27. The van der Waals surface area contributed by atoms with E-state index in [1.807, 2.05) is 24.3 Å². The van der Waals surface area contributed by atoms with E-state index in [0.717, 1.165) is 24.9 Å². The second-order valence-corrected chi connectivity index (χ2v) is 5.23. The summed E-state index contributed by atoms with van der Waals surface area (Å²) in [6, 6.07) is 7.69. The van der Waals surface area contributed by atoms with Gasteiger partial charge in [-0.1, -0.05) is 19.1 Å². The zero-order valence-corrected chi connectivity index (χ0v) is 11.9. The van der Waals surface area contributed by atoms with Gasteiger partial charge >= 0.3 is 0 Å². The van der Waals surface area contributed by atoms with Crippen LogP contribution in [0, 0.1) is 0 Å². The summed E-state index contributed by atoms with van der Waals surface area (Å²) in [6.45, 7) is 2.08. The van der Waals surface area contributed by atoms with E-state index < -0.39 is 0 Å². The fraction of sp³-hybridized carbons (Fsp3) is 0.294. The van der Waals surface area contributed by atoms with Crippen LogP contribution in [0.4, 0.5) is 5.69 Å². The fourth-order valence-electron chi connectivity index (χ4n) is 2.61. The minimum atomic E-state index is -0.292. The summed E-state index contributed by atoms with van der Waals surface area (Å²) in [5, 5.41) is 2.82. The van der Waals surface area contributed by atoms with Gasteiger partial charge in [0.15, 0.2) is 5.78 Å². The third-order valence-electron chi connectivity index (χ3n) is 3.82. The van der Waals surface area contributed by atoms with Crippen LogP contribution < -0.4 is 5.32 Å². The average molecular weight is 283 g/mol. The number of furan rings is 1. The Balaban J connectivity index is 1.82. The molecule has 1 aromatic carbocycles. The van der Waals surface area contributed by atoms with Crippen LogP contribution in [0.15, 0.2) is 34.9 Å². The number of hydrogen-bond acceptors (Lipinski definition) is 3. The van der Waals surface area contributed by atoms with Crippen LogP contribution in [0.5, 0.6) is 0 Å². The van der Waals surface area contributed by atoms with Crippen LogP contribution in [0.1, 0.15) is 51.8 Å². The van der Waals surface area contributed by atoms with Crippen molar-refractivity contribution in [2.75, 3.05) is 5.32 Å². The number of carbonyl (C=O) groups excluding carboxylic acids is 2. The van der Waals surface area contributed by atoms with Gasteiger partial charge in [-0.15, -0.1) is 0 Å². The van der Waals surface area contributed by atoms with Crippen LogP contribution in [0.25, 0.3) is 0 Å². The van der Waals surface area contributed by atoms with Gasteiger partial charge in [0.25, 0.3) is 5.91 Å². The van der Waals surface area contributed by atoms with Crippen molar-refractivity contribution < 1.29 is 14.0 Å². The third-order valence-corrected chi connectivity index (χ3v) is 3.82. The Bertz CT molecular complexity index is 683. The summed E-state index contributed by atoms with van der Waals surface area (Å²) in [4.78, 5) is 24.3. The fourth-order valence-corrected chi connectivity index (χ4v) is 2.61. The maximum absolute atomic E-state index is 12.3.